The van der Waals surface area contributed by atoms with Crippen LogP contribution >= 0.6 is 23.2 Å². The molecule has 0 amide bonds. The van der Waals surface area contributed by atoms with Crippen LogP contribution in [0.1, 0.15) is 55.8 Å². The molecular formula is C30H35Cl2FN2O3. The van der Waals surface area contributed by atoms with Gasteiger partial charge in [-0.25, -0.2) is 4.39 Å². The average molecular weight is 562 g/mol. The molecule has 1 aliphatic heterocycles. The third kappa shape index (κ3) is 7.37. The molecule has 5 nitrogen and oxygen atoms in total. The molecule has 0 spiro atoms. The second-order valence-electron chi connectivity index (χ2n) is 10.2. The molecule has 0 saturated carbocycles. The predicted molar refractivity (Wildman–Crippen MR) is 151 cm³/mol. The molecule has 204 valence electrons. The topological polar surface area (TPSA) is 62.7 Å². The Labute approximate surface area is 233 Å². The van der Waals surface area contributed by atoms with Crippen LogP contribution in [0.25, 0.3) is 10.9 Å². The molecule has 1 aliphatic rings. The van der Waals surface area contributed by atoms with Crippen molar-refractivity contribution in [1.82, 2.24) is 9.88 Å². The van der Waals surface area contributed by atoms with Crippen molar-refractivity contribution in [3.63, 3.8) is 0 Å². The van der Waals surface area contributed by atoms with E-state index in [1.807, 2.05) is 36.4 Å². The summed E-state index contributed by atoms with van der Waals surface area (Å²) in [7, 11) is 1.59. The molecule has 1 saturated heterocycles. The van der Waals surface area contributed by atoms with Gasteiger partial charge in [0.05, 0.1) is 12.6 Å². The Hall–Kier alpha value is -2.41. The quantitative estimate of drug-likeness (QED) is 0.229. The van der Waals surface area contributed by atoms with Crippen LogP contribution in [0.2, 0.25) is 10.0 Å². The van der Waals surface area contributed by atoms with Crippen molar-refractivity contribution in [2.75, 3.05) is 26.7 Å². The number of likely N-dealkylation sites (tertiary alicyclic amines) is 1. The first-order valence-corrected chi connectivity index (χ1v) is 14.0. The molecule has 1 aromatic heterocycles. The van der Waals surface area contributed by atoms with Crippen molar-refractivity contribution in [3.05, 3.63) is 69.8 Å². The van der Waals surface area contributed by atoms with Crippen LogP contribution < -0.4 is 4.74 Å². The number of unbranched alkanes of at least 4 members (excludes halogenated alkanes) is 1. The van der Waals surface area contributed by atoms with Gasteiger partial charge < -0.3 is 14.7 Å². The van der Waals surface area contributed by atoms with Crippen molar-refractivity contribution < 1.29 is 19.0 Å². The fraction of sp³-hybridized carbons (Fsp3) is 0.467. The zero-order valence-corrected chi connectivity index (χ0v) is 23.2. The number of aromatic nitrogens is 1. The first-order valence-electron chi connectivity index (χ1n) is 13.3. The van der Waals surface area contributed by atoms with Gasteiger partial charge in [-0.2, -0.15) is 0 Å². The summed E-state index contributed by atoms with van der Waals surface area (Å²) >= 11 is 12.6. The molecule has 4 rings (SSSR count). The van der Waals surface area contributed by atoms with Gasteiger partial charge >= 0.3 is 5.97 Å². The highest BCUT2D eigenvalue weighted by molar-refractivity contribution is 6.35. The molecule has 8 heteroatoms. The van der Waals surface area contributed by atoms with Gasteiger partial charge in [0, 0.05) is 34.6 Å². The lowest BCUT2D eigenvalue weighted by atomic mass is 9.79. The van der Waals surface area contributed by atoms with Crippen LogP contribution in [0.3, 0.4) is 0 Å². The van der Waals surface area contributed by atoms with E-state index in [9.17, 15) is 9.90 Å². The van der Waals surface area contributed by atoms with Crippen molar-refractivity contribution in [3.8, 4) is 5.75 Å². The number of rotatable bonds is 12. The van der Waals surface area contributed by atoms with Gasteiger partial charge in [-0.15, -0.1) is 0 Å². The Bertz CT molecular complexity index is 1220. The summed E-state index contributed by atoms with van der Waals surface area (Å²) < 4.78 is 20.8. The molecule has 38 heavy (non-hydrogen) atoms. The maximum atomic E-state index is 15.5. The van der Waals surface area contributed by atoms with E-state index < -0.39 is 12.1 Å². The monoisotopic (exact) mass is 560 g/mol. The standard InChI is InChI=1S/C30H35Cl2FN2O3/c1-38-22-9-11-29-25(18-22)23(12-14-34-29)28(33)10-8-20-13-16-35(19-21(20)17-30(36)37)15-3-2-5-24-26(31)6-4-7-27(24)32/h4,6-7,9,11-12,14,18,20-21,28H,2-3,5,8,10,13,15-17,19H2,1H3,(H,36,37)/t20-,21+,28-/m1/s1. The van der Waals surface area contributed by atoms with E-state index in [4.69, 9.17) is 27.9 Å². The third-order valence-electron chi connectivity index (χ3n) is 7.74. The highest BCUT2D eigenvalue weighted by atomic mass is 35.5. The highest BCUT2D eigenvalue weighted by Gasteiger charge is 2.31. The van der Waals surface area contributed by atoms with Gasteiger partial charge in [-0.1, -0.05) is 29.3 Å². The van der Waals surface area contributed by atoms with Crippen LogP contribution in [0.5, 0.6) is 5.75 Å². The lowest BCUT2D eigenvalue weighted by Gasteiger charge is -2.38. The molecule has 0 radical (unpaired) electrons. The number of benzene rings is 2. The number of hydrogen-bond donors (Lipinski definition) is 1. The number of carbonyl (C=O) groups is 1. The molecule has 2 aromatic carbocycles. The average Bonchev–Trinajstić information content (AvgIpc) is 2.90. The largest absolute Gasteiger partial charge is 0.497 e. The van der Waals surface area contributed by atoms with Crippen LogP contribution in [-0.4, -0.2) is 47.7 Å². The number of hydrogen-bond acceptors (Lipinski definition) is 4. The molecule has 2 heterocycles. The van der Waals surface area contributed by atoms with Crippen molar-refractivity contribution in [2.24, 2.45) is 11.8 Å². The molecule has 1 N–H and O–H groups in total. The van der Waals surface area contributed by atoms with Crippen LogP contribution in [0.4, 0.5) is 4.39 Å². The van der Waals surface area contributed by atoms with Gasteiger partial charge in [0.2, 0.25) is 0 Å². The first-order chi connectivity index (χ1) is 18.4. The summed E-state index contributed by atoms with van der Waals surface area (Å²) in [6, 6.07) is 12.8. The molecule has 1 fully saturated rings. The van der Waals surface area contributed by atoms with Gasteiger partial charge in [0.15, 0.2) is 0 Å². The number of fused-ring (bicyclic) bond motifs is 1. The van der Waals surface area contributed by atoms with Gasteiger partial charge in [-0.05, 0) is 111 Å². The number of ether oxygens (including phenoxy) is 1. The molecule has 0 bridgehead atoms. The van der Waals surface area contributed by atoms with Gasteiger partial charge in [-0.3, -0.25) is 9.78 Å². The molecule has 0 unspecified atom stereocenters. The van der Waals surface area contributed by atoms with Gasteiger partial charge in [0.1, 0.15) is 11.9 Å². The number of nitrogens with zero attached hydrogens (tertiary/aromatic N) is 2. The zero-order valence-electron chi connectivity index (χ0n) is 21.7. The minimum absolute atomic E-state index is 0.0146. The SMILES string of the molecule is COc1ccc2nccc([C@H](F)CC[C@@H]3CCN(CCCCc4c(Cl)cccc4Cl)C[C@@H]3CC(=O)O)c2c1. The van der Waals surface area contributed by atoms with E-state index in [0.717, 1.165) is 61.8 Å². The summed E-state index contributed by atoms with van der Waals surface area (Å²) in [6.45, 7) is 2.54. The van der Waals surface area contributed by atoms with E-state index in [1.54, 1.807) is 19.4 Å². The normalized spacial score (nSPS) is 18.9. The van der Waals surface area contributed by atoms with E-state index in [2.05, 4.69) is 9.88 Å². The molecule has 0 aliphatic carbocycles. The van der Waals surface area contributed by atoms with Crippen molar-refractivity contribution >= 4 is 40.1 Å². The number of carboxylic acid groups (broad SMARTS) is 1. The minimum atomic E-state index is -1.15. The lowest BCUT2D eigenvalue weighted by Crippen LogP contribution is -2.41. The summed E-state index contributed by atoms with van der Waals surface area (Å²) in [5, 5.41) is 11.7. The minimum Gasteiger partial charge on any atom is -0.497 e. The Morgan fingerprint density at radius 3 is 2.71 bits per heavy atom. The Balaban J connectivity index is 1.31. The Kier molecular flexibility index (Phi) is 10.2. The third-order valence-corrected chi connectivity index (χ3v) is 8.44. The number of aliphatic carboxylic acids is 1. The number of halogens is 3. The summed E-state index contributed by atoms with van der Waals surface area (Å²) in [5.74, 6) is 0.0768. The maximum Gasteiger partial charge on any atom is 0.303 e. The van der Waals surface area contributed by atoms with E-state index in [0.29, 0.717) is 34.2 Å². The molecular weight excluding hydrogens is 526 g/mol. The maximum absolute atomic E-state index is 15.5. The fourth-order valence-electron chi connectivity index (χ4n) is 5.67. The summed E-state index contributed by atoms with van der Waals surface area (Å²) in [6.07, 6.45) is 5.27. The lowest BCUT2D eigenvalue weighted by molar-refractivity contribution is -0.139. The van der Waals surface area contributed by atoms with Crippen molar-refractivity contribution in [1.29, 1.82) is 0 Å². The number of alkyl halides is 1. The number of piperidine rings is 1. The van der Waals surface area contributed by atoms with E-state index in [-0.39, 0.29) is 18.3 Å². The molecule has 3 aromatic rings. The molecule has 3 atom stereocenters. The van der Waals surface area contributed by atoms with Crippen LogP contribution in [0, 0.1) is 11.8 Å². The second-order valence-corrected chi connectivity index (χ2v) is 11.0. The van der Waals surface area contributed by atoms with Crippen LogP contribution in [-0.2, 0) is 11.2 Å². The summed E-state index contributed by atoms with van der Waals surface area (Å²) in [5.41, 5.74) is 2.33. The fourth-order valence-corrected chi connectivity index (χ4v) is 6.25. The van der Waals surface area contributed by atoms with Crippen LogP contribution in [0.15, 0.2) is 48.7 Å². The number of methoxy groups -OCH3 is 1. The summed E-state index contributed by atoms with van der Waals surface area (Å²) in [4.78, 5) is 18.3. The smallest absolute Gasteiger partial charge is 0.303 e. The second kappa shape index (κ2) is 13.6. The Morgan fingerprint density at radius 1 is 1.18 bits per heavy atom. The number of pyridine rings is 1. The van der Waals surface area contributed by atoms with E-state index in [1.165, 1.54) is 0 Å². The van der Waals surface area contributed by atoms with Gasteiger partial charge in [0.25, 0.3) is 0 Å². The highest BCUT2D eigenvalue weighted by Crippen LogP contribution is 2.36. The zero-order chi connectivity index (χ0) is 27.1. The van der Waals surface area contributed by atoms with E-state index >= 15 is 4.39 Å². The first kappa shape index (κ1) is 28.6. The predicted octanol–water partition coefficient (Wildman–Crippen LogP) is 7.78. The Morgan fingerprint density at radius 2 is 1.97 bits per heavy atom. The number of carboxylic acids is 1. The van der Waals surface area contributed by atoms with Crippen molar-refractivity contribution in [2.45, 2.75) is 51.1 Å².